The number of benzene rings is 3. The van der Waals surface area contributed by atoms with Crippen molar-refractivity contribution in [2.24, 2.45) is 0 Å². The predicted molar refractivity (Wildman–Crippen MR) is 161 cm³/mol. The van der Waals surface area contributed by atoms with E-state index in [1.165, 1.54) is 20.8 Å². The third-order valence-corrected chi connectivity index (χ3v) is 7.87. The first-order valence-electron chi connectivity index (χ1n) is 13.3. The highest BCUT2D eigenvalue weighted by atomic mass is 35.5. The van der Waals surface area contributed by atoms with Crippen molar-refractivity contribution in [2.45, 2.75) is 12.5 Å². The van der Waals surface area contributed by atoms with Crippen LogP contribution in [0.1, 0.15) is 16.1 Å². The lowest BCUT2D eigenvalue weighted by Gasteiger charge is -2.38. The summed E-state index contributed by atoms with van der Waals surface area (Å²) in [5, 5.41) is 24.1. The lowest BCUT2D eigenvalue weighted by Crippen LogP contribution is -2.60. The Bertz CT molecular complexity index is 1910. The van der Waals surface area contributed by atoms with Crippen LogP contribution < -0.4 is 10.2 Å². The summed E-state index contributed by atoms with van der Waals surface area (Å²) in [5.74, 6) is -3.47. The van der Waals surface area contributed by atoms with Crippen molar-refractivity contribution in [2.75, 3.05) is 23.3 Å². The Balaban J connectivity index is 1.29. The van der Waals surface area contributed by atoms with E-state index in [9.17, 15) is 24.3 Å². The minimum absolute atomic E-state index is 0.00314. The molecule has 0 bridgehead atoms. The van der Waals surface area contributed by atoms with Gasteiger partial charge in [0.25, 0.3) is 0 Å². The molecule has 1 fully saturated rings. The smallest absolute Gasteiger partial charge is 0.353 e. The number of rotatable bonds is 8. The summed E-state index contributed by atoms with van der Waals surface area (Å²) in [4.78, 5) is 57.8. The molecule has 0 unspecified atom stereocenters. The van der Waals surface area contributed by atoms with Gasteiger partial charge in [-0.1, -0.05) is 53.5 Å². The van der Waals surface area contributed by atoms with Crippen LogP contribution in [0.4, 0.5) is 11.4 Å². The number of H-pyrrole nitrogens is 1. The predicted octanol–water partition coefficient (Wildman–Crippen LogP) is 3.57. The number of aromatic amines is 1. The van der Waals surface area contributed by atoms with Gasteiger partial charge in [-0.3, -0.25) is 14.4 Å². The molecular weight excluding hydrogens is 611 g/mol. The number of carboxylic acids is 1. The number of amides is 3. The number of carbonyl (C=O) groups is 4. The molecule has 3 N–H and O–H groups in total. The van der Waals surface area contributed by atoms with Gasteiger partial charge in [-0.25, -0.2) is 4.79 Å². The number of hydrogen-bond donors (Lipinski definition) is 3. The fourth-order valence-electron chi connectivity index (χ4n) is 5.15. The highest BCUT2D eigenvalue weighted by molar-refractivity contribution is 6.42. The standard InChI is InChI=1S/C29H22Cl2N8O5/c30-17-6-9-21(39-15-32-35-36-39)22(13-17)37-10-11-38(28(42)27(37)41)23(12-16-4-2-1-3-5-16)26(40)33-18-7-8-20-19(14-18)24(31)25(34-20)29(43)44/h1-9,13-15,23,34H,10-12H2,(H,33,40)(H,43,44)/t23-/m0/s1. The van der Waals surface area contributed by atoms with Gasteiger partial charge in [0, 0.05) is 41.1 Å². The summed E-state index contributed by atoms with van der Waals surface area (Å²) >= 11 is 12.5. The van der Waals surface area contributed by atoms with Gasteiger partial charge in [-0.05, 0) is 52.4 Å². The first-order valence-corrected chi connectivity index (χ1v) is 14.0. The molecule has 0 saturated carbocycles. The molecule has 6 rings (SSSR count). The zero-order valence-corrected chi connectivity index (χ0v) is 24.2. The Hall–Kier alpha value is -5.27. The molecule has 1 aliphatic rings. The second kappa shape index (κ2) is 11.8. The van der Waals surface area contributed by atoms with Crippen LogP contribution in [0.25, 0.3) is 16.6 Å². The number of carbonyl (C=O) groups excluding carboxylic acids is 3. The molecule has 0 aliphatic carbocycles. The molecule has 222 valence electrons. The second-order valence-electron chi connectivity index (χ2n) is 9.92. The fourth-order valence-corrected chi connectivity index (χ4v) is 5.60. The van der Waals surface area contributed by atoms with Gasteiger partial charge in [0.2, 0.25) is 5.91 Å². The van der Waals surface area contributed by atoms with Gasteiger partial charge in [0.1, 0.15) is 18.1 Å². The number of carboxylic acid groups (broad SMARTS) is 1. The topological polar surface area (TPSA) is 166 Å². The number of fused-ring (bicyclic) bond motifs is 1. The number of nitrogens with one attached hydrogen (secondary N) is 2. The number of nitrogens with zero attached hydrogens (tertiary/aromatic N) is 6. The van der Waals surface area contributed by atoms with Crippen LogP contribution in [0.2, 0.25) is 10.0 Å². The maximum absolute atomic E-state index is 13.8. The molecule has 3 heterocycles. The highest BCUT2D eigenvalue weighted by Gasteiger charge is 2.40. The van der Waals surface area contributed by atoms with Gasteiger partial charge < -0.3 is 25.2 Å². The van der Waals surface area contributed by atoms with E-state index in [1.54, 1.807) is 36.4 Å². The minimum atomic E-state index is -1.22. The van der Waals surface area contributed by atoms with E-state index >= 15 is 0 Å². The lowest BCUT2D eigenvalue weighted by atomic mass is 10.0. The molecule has 1 atom stereocenters. The first-order chi connectivity index (χ1) is 21.2. The Kier molecular flexibility index (Phi) is 7.72. The average molecular weight is 633 g/mol. The maximum atomic E-state index is 13.8. The Labute approximate surface area is 259 Å². The van der Waals surface area contributed by atoms with Crippen LogP contribution in [-0.4, -0.2) is 78.0 Å². The largest absolute Gasteiger partial charge is 0.477 e. The van der Waals surface area contributed by atoms with Crippen molar-refractivity contribution in [1.29, 1.82) is 0 Å². The number of aromatic nitrogens is 5. The van der Waals surface area contributed by atoms with E-state index in [0.717, 1.165) is 5.56 Å². The third-order valence-electron chi connectivity index (χ3n) is 7.24. The normalized spacial score (nSPS) is 14.2. The van der Waals surface area contributed by atoms with Crippen molar-refractivity contribution in [3.8, 4) is 5.69 Å². The van der Waals surface area contributed by atoms with Crippen LogP contribution in [0.15, 0.2) is 73.1 Å². The second-order valence-corrected chi connectivity index (χ2v) is 10.7. The van der Waals surface area contributed by atoms with Crippen LogP contribution in [0, 0.1) is 0 Å². The van der Waals surface area contributed by atoms with E-state index in [2.05, 4.69) is 25.8 Å². The van der Waals surface area contributed by atoms with Crippen molar-refractivity contribution in [1.82, 2.24) is 30.1 Å². The monoisotopic (exact) mass is 632 g/mol. The maximum Gasteiger partial charge on any atom is 0.353 e. The molecule has 44 heavy (non-hydrogen) atoms. The molecular formula is C29H22Cl2N8O5. The molecule has 13 nitrogen and oxygen atoms in total. The number of hydrogen-bond acceptors (Lipinski definition) is 7. The summed E-state index contributed by atoms with van der Waals surface area (Å²) in [6.45, 7) is 0.114. The summed E-state index contributed by atoms with van der Waals surface area (Å²) in [7, 11) is 0. The molecule has 1 aliphatic heterocycles. The van der Waals surface area contributed by atoms with E-state index in [4.69, 9.17) is 23.2 Å². The third kappa shape index (κ3) is 5.45. The number of aromatic carboxylic acids is 1. The molecule has 0 spiro atoms. The number of halogens is 2. The summed E-state index contributed by atoms with van der Waals surface area (Å²) in [6.07, 6.45) is 1.49. The highest BCUT2D eigenvalue weighted by Crippen LogP contribution is 2.31. The molecule has 3 amide bonds. The van der Waals surface area contributed by atoms with E-state index < -0.39 is 29.7 Å². The summed E-state index contributed by atoms with van der Waals surface area (Å²) in [5.41, 5.74) is 2.20. The summed E-state index contributed by atoms with van der Waals surface area (Å²) in [6, 6.07) is 17.6. The molecule has 1 saturated heterocycles. The Morgan fingerprint density at radius 1 is 0.977 bits per heavy atom. The zero-order valence-electron chi connectivity index (χ0n) is 22.6. The van der Waals surface area contributed by atoms with Crippen LogP contribution >= 0.6 is 23.2 Å². The number of piperazine rings is 1. The number of tetrazole rings is 1. The van der Waals surface area contributed by atoms with Crippen molar-refractivity contribution >= 4 is 69.2 Å². The lowest BCUT2D eigenvalue weighted by molar-refractivity contribution is -0.149. The van der Waals surface area contributed by atoms with Gasteiger partial charge in [-0.15, -0.1) is 5.10 Å². The molecule has 3 aromatic carbocycles. The van der Waals surface area contributed by atoms with E-state index in [0.29, 0.717) is 33.0 Å². The van der Waals surface area contributed by atoms with Gasteiger partial charge in [0.05, 0.1) is 16.4 Å². The molecule has 2 aromatic heterocycles. The molecule has 5 aromatic rings. The van der Waals surface area contributed by atoms with Crippen molar-refractivity contribution in [3.63, 3.8) is 0 Å². The van der Waals surface area contributed by atoms with E-state index in [1.807, 2.05) is 30.3 Å². The first kappa shape index (κ1) is 28.8. The fraction of sp³-hybridized carbons (Fsp3) is 0.138. The molecule has 0 radical (unpaired) electrons. The minimum Gasteiger partial charge on any atom is -0.477 e. The Morgan fingerprint density at radius 2 is 1.77 bits per heavy atom. The Morgan fingerprint density at radius 3 is 2.50 bits per heavy atom. The van der Waals surface area contributed by atoms with E-state index in [-0.39, 0.29) is 30.2 Å². The molecule has 15 heteroatoms. The zero-order chi connectivity index (χ0) is 31.0. The SMILES string of the molecule is O=C(O)c1[nH]c2ccc(NC(=O)[C@H](Cc3ccccc3)N3CCN(c4cc(Cl)ccc4-n4cnnn4)C(=O)C3=O)cc2c1Cl. The van der Waals surface area contributed by atoms with Crippen molar-refractivity contribution in [3.05, 3.63) is 94.4 Å². The van der Waals surface area contributed by atoms with Crippen molar-refractivity contribution < 1.29 is 24.3 Å². The van der Waals surface area contributed by atoms with Gasteiger partial charge >= 0.3 is 17.8 Å². The number of anilines is 2. The quantitative estimate of drug-likeness (QED) is 0.218. The van der Waals surface area contributed by atoms with Crippen LogP contribution in [0.3, 0.4) is 0 Å². The van der Waals surface area contributed by atoms with Gasteiger partial charge in [-0.2, -0.15) is 4.68 Å². The summed E-state index contributed by atoms with van der Waals surface area (Å²) < 4.78 is 1.36. The average Bonchev–Trinajstić information content (AvgIpc) is 3.66. The van der Waals surface area contributed by atoms with Gasteiger partial charge in [0.15, 0.2) is 0 Å². The van der Waals surface area contributed by atoms with Crippen LogP contribution in [0.5, 0.6) is 0 Å². The van der Waals surface area contributed by atoms with Crippen LogP contribution in [-0.2, 0) is 20.8 Å².